The van der Waals surface area contributed by atoms with Crippen LogP contribution < -0.4 is 4.90 Å². The Morgan fingerprint density at radius 3 is 2.57 bits per heavy atom. The number of aromatic nitrogens is 2. The van der Waals surface area contributed by atoms with Crippen LogP contribution in [0.4, 0.5) is 14.6 Å². The van der Waals surface area contributed by atoms with Crippen LogP contribution in [-0.2, 0) is 0 Å². The molecule has 0 fully saturated rings. The van der Waals surface area contributed by atoms with Gasteiger partial charge in [-0.2, -0.15) is 0 Å². The van der Waals surface area contributed by atoms with Gasteiger partial charge >= 0.3 is 0 Å². The summed E-state index contributed by atoms with van der Waals surface area (Å²) >= 11 is 1.18. The molecule has 0 aliphatic rings. The second kappa shape index (κ2) is 9.32. The molecular weight excluding hydrogens is 384 g/mol. The lowest BCUT2D eigenvalue weighted by atomic mass is 10.1. The topological polar surface area (TPSA) is 73.2 Å². The summed E-state index contributed by atoms with van der Waals surface area (Å²) in [6.07, 6.45) is 5.19. The Morgan fingerprint density at radius 1 is 1.29 bits per heavy atom. The molecule has 0 saturated carbocycles. The highest BCUT2D eigenvalue weighted by atomic mass is 32.1. The van der Waals surface area contributed by atoms with Gasteiger partial charge in [0.15, 0.2) is 0 Å². The molecule has 1 N–H and O–H groups in total. The van der Waals surface area contributed by atoms with Crippen molar-refractivity contribution in [1.29, 1.82) is 5.41 Å². The summed E-state index contributed by atoms with van der Waals surface area (Å²) in [7, 11) is 3.68. The fourth-order valence-electron chi connectivity index (χ4n) is 2.45. The van der Waals surface area contributed by atoms with Gasteiger partial charge in [-0.3, -0.25) is 15.1 Å². The predicted octanol–water partition coefficient (Wildman–Crippen LogP) is 4.48. The second-order valence-corrected chi connectivity index (χ2v) is 7.05. The molecule has 1 amide bonds. The van der Waals surface area contributed by atoms with Crippen molar-refractivity contribution >= 4 is 39.6 Å². The SMILES string of the molecule is C\C=C/C(=C(C)\C=C\N(C=N)C(=O)c1cc2c(N(C)C)ncnc2s1)C(F)F. The summed E-state index contributed by atoms with van der Waals surface area (Å²) in [4.78, 5) is 25.0. The van der Waals surface area contributed by atoms with Gasteiger partial charge in [0, 0.05) is 25.9 Å². The highest BCUT2D eigenvalue weighted by Crippen LogP contribution is 2.30. The lowest BCUT2D eigenvalue weighted by Gasteiger charge is -2.11. The molecule has 2 rings (SSSR count). The van der Waals surface area contributed by atoms with E-state index in [4.69, 9.17) is 5.41 Å². The molecule has 0 spiro atoms. The Balaban J connectivity index is 2.36. The van der Waals surface area contributed by atoms with E-state index < -0.39 is 12.3 Å². The fourth-order valence-corrected chi connectivity index (χ4v) is 3.38. The van der Waals surface area contributed by atoms with Crippen molar-refractivity contribution in [1.82, 2.24) is 14.9 Å². The number of nitrogens with zero attached hydrogens (tertiary/aromatic N) is 4. The first kappa shape index (κ1) is 21.4. The van der Waals surface area contributed by atoms with E-state index in [0.29, 0.717) is 21.1 Å². The van der Waals surface area contributed by atoms with E-state index in [9.17, 15) is 13.6 Å². The quantitative estimate of drug-likeness (QED) is 0.419. The maximum Gasteiger partial charge on any atom is 0.273 e. The first-order valence-electron chi connectivity index (χ1n) is 8.35. The zero-order chi connectivity index (χ0) is 20.8. The van der Waals surface area contributed by atoms with Gasteiger partial charge in [0.25, 0.3) is 12.3 Å². The summed E-state index contributed by atoms with van der Waals surface area (Å²) in [6.45, 7) is 3.18. The fraction of sp³-hybridized carbons (Fsp3) is 0.263. The molecule has 0 radical (unpaired) electrons. The summed E-state index contributed by atoms with van der Waals surface area (Å²) in [5, 5.41) is 8.26. The number of carbonyl (C=O) groups excluding carboxylic acids is 1. The van der Waals surface area contributed by atoms with Crippen LogP contribution in [0.15, 0.2) is 48.0 Å². The number of thiophene rings is 1. The number of rotatable bonds is 7. The molecule has 6 nitrogen and oxygen atoms in total. The molecule has 0 saturated heterocycles. The van der Waals surface area contributed by atoms with Crippen LogP contribution in [0.5, 0.6) is 0 Å². The van der Waals surface area contributed by atoms with E-state index in [1.165, 1.54) is 49.0 Å². The van der Waals surface area contributed by atoms with Crippen molar-refractivity contribution in [3.05, 3.63) is 52.8 Å². The van der Waals surface area contributed by atoms with E-state index in [1.54, 1.807) is 13.0 Å². The lowest BCUT2D eigenvalue weighted by molar-refractivity contribution is 0.0895. The zero-order valence-corrected chi connectivity index (χ0v) is 16.8. The largest absolute Gasteiger partial charge is 0.362 e. The Hall–Kier alpha value is -2.94. The number of amides is 1. The number of carbonyl (C=O) groups is 1. The number of alkyl halides is 2. The van der Waals surface area contributed by atoms with E-state index >= 15 is 0 Å². The van der Waals surface area contributed by atoms with Crippen molar-refractivity contribution in [3.63, 3.8) is 0 Å². The van der Waals surface area contributed by atoms with Crippen LogP contribution in [0.2, 0.25) is 0 Å². The highest BCUT2D eigenvalue weighted by Gasteiger charge is 2.18. The molecule has 0 unspecified atom stereocenters. The van der Waals surface area contributed by atoms with Gasteiger partial charge < -0.3 is 4.90 Å². The molecular formula is C19H21F2N5OS. The Morgan fingerprint density at radius 2 is 2.00 bits per heavy atom. The minimum absolute atomic E-state index is 0.135. The van der Waals surface area contributed by atoms with Crippen molar-refractivity contribution in [2.24, 2.45) is 0 Å². The highest BCUT2D eigenvalue weighted by molar-refractivity contribution is 7.20. The molecule has 2 aromatic rings. The number of halogens is 2. The number of anilines is 1. The molecule has 0 atom stereocenters. The molecule has 28 heavy (non-hydrogen) atoms. The summed E-state index contributed by atoms with van der Waals surface area (Å²) < 4.78 is 26.2. The zero-order valence-electron chi connectivity index (χ0n) is 16.0. The maximum atomic E-state index is 13.1. The van der Waals surface area contributed by atoms with Gasteiger partial charge in [0.1, 0.15) is 17.0 Å². The number of nitrogens with one attached hydrogen (secondary N) is 1. The first-order chi connectivity index (χ1) is 13.3. The molecule has 0 aliphatic carbocycles. The third-order valence-corrected chi connectivity index (χ3v) is 4.87. The standard InChI is InChI=1S/C19H21F2N5OS/c1-5-6-13(16(20)21)12(2)7-8-26(10-22)19(27)15-9-14-17(25(3)4)23-11-24-18(14)28-15/h5-11,16,22H,1-4H3/b6-5-,8-7+,13-12+,22-10?. The van der Waals surface area contributed by atoms with E-state index in [1.807, 2.05) is 19.0 Å². The average molecular weight is 405 g/mol. The molecule has 0 bridgehead atoms. The molecule has 0 aliphatic heterocycles. The minimum Gasteiger partial charge on any atom is -0.362 e. The lowest BCUT2D eigenvalue weighted by Crippen LogP contribution is -2.22. The van der Waals surface area contributed by atoms with Gasteiger partial charge in [-0.1, -0.05) is 12.2 Å². The van der Waals surface area contributed by atoms with Gasteiger partial charge in [-0.15, -0.1) is 11.3 Å². The molecule has 0 aromatic carbocycles. The van der Waals surface area contributed by atoms with Crippen molar-refractivity contribution in [2.75, 3.05) is 19.0 Å². The molecule has 2 aromatic heterocycles. The van der Waals surface area contributed by atoms with E-state index in [2.05, 4.69) is 9.97 Å². The molecule has 148 valence electrons. The van der Waals surface area contributed by atoms with Gasteiger partial charge in [-0.05, 0) is 31.6 Å². The summed E-state index contributed by atoms with van der Waals surface area (Å²) in [5.74, 6) is 0.236. The third kappa shape index (κ3) is 4.66. The van der Waals surface area contributed by atoms with Crippen LogP contribution in [0.1, 0.15) is 23.5 Å². The number of allylic oxidation sites excluding steroid dienone is 5. The van der Waals surface area contributed by atoms with Crippen LogP contribution in [0.3, 0.4) is 0 Å². The van der Waals surface area contributed by atoms with E-state index in [0.717, 1.165) is 16.6 Å². The van der Waals surface area contributed by atoms with Crippen LogP contribution in [-0.4, -0.2) is 47.6 Å². The van der Waals surface area contributed by atoms with Crippen LogP contribution >= 0.6 is 11.3 Å². The first-order valence-corrected chi connectivity index (χ1v) is 9.16. The Labute approximate surface area is 166 Å². The second-order valence-electron chi connectivity index (χ2n) is 6.02. The number of hydrogen-bond donors (Lipinski definition) is 1. The van der Waals surface area contributed by atoms with Crippen molar-refractivity contribution < 1.29 is 13.6 Å². The van der Waals surface area contributed by atoms with Crippen molar-refractivity contribution in [2.45, 2.75) is 20.3 Å². The monoisotopic (exact) mass is 405 g/mol. The third-order valence-electron chi connectivity index (χ3n) is 3.84. The minimum atomic E-state index is -2.63. The Bertz CT molecular complexity index is 962. The smallest absolute Gasteiger partial charge is 0.273 e. The number of hydrogen-bond acceptors (Lipinski definition) is 6. The molecule has 9 heteroatoms. The normalized spacial score (nSPS) is 12.8. The van der Waals surface area contributed by atoms with Gasteiger partial charge in [-0.25, -0.2) is 18.7 Å². The predicted molar refractivity (Wildman–Crippen MR) is 109 cm³/mol. The molecule has 2 heterocycles. The summed E-state index contributed by atoms with van der Waals surface area (Å²) in [6, 6.07) is 1.68. The van der Waals surface area contributed by atoms with Crippen LogP contribution in [0.25, 0.3) is 10.2 Å². The Kier molecular flexibility index (Phi) is 7.11. The number of fused-ring (bicyclic) bond motifs is 1. The summed E-state index contributed by atoms with van der Waals surface area (Å²) in [5.41, 5.74) is 0.175. The maximum absolute atomic E-state index is 13.1. The van der Waals surface area contributed by atoms with Gasteiger partial charge in [0.2, 0.25) is 0 Å². The van der Waals surface area contributed by atoms with Crippen molar-refractivity contribution in [3.8, 4) is 0 Å². The average Bonchev–Trinajstić information content (AvgIpc) is 3.09. The van der Waals surface area contributed by atoms with Gasteiger partial charge in [0.05, 0.1) is 16.6 Å². The van der Waals surface area contributed by atoms with Crippen LogP contribution in [0, 0.1) is 5.41 Å². The van der Waals surface area contributed by atoms with E-state index in [-0.39, 0.29) is 5.57 Å².